The first-order valence-electron chi connectivity index (χ1n) is 7.16. The smallest absolute Gasteiger partial charge is 0.337 e. The van der Waals surface area contributed by atoms with Gasteiger partial charge in [-0.2, -0.15) is 0 Å². The van der Waals surface area contributed by atoms with Gasteiger partial charge in [0.25, 0.3) is 0 Å². The zero-order valence-electron chi connectivity index (χ0n) is 12.3. The summed E-state index contributed by atoms with van der Waals surface area (Å²) in [6, 6.07) is 4.42. The van der Waals surface area contributed by atoms with Gasteiger partial charge in [-0.1, -0.05) is 0 Å². The highest BCUT2D eigenvalue weighted by atomic mass is 79.9. The summed E-state index contributed by atoms with van der Waals surface area (Å²) in [5.41, 5.74) is 0.206. The van der Waals surface area contributed by atoms with E-state index in [2.05, 4.69) is 20.7 Å². The predicted octanol–water partition coefficient (Wildman–Crippen LogP) is 2.70. The van der Waals surface area contributed by atoms with Crippen LogP contribution in [0.4, 0.5) is 0 Å². The summed E-state index contributed by atoms with van der Waals surface area (Å²) in [5, 5.41) is 9.15. The number of halogens is 1. The molecule has 1 aliphatic carbocycles. The summed E-state index contributed by atoms with van der Waals surface area (Å²) in [7, 11) is -2.31. The topological polar surface area (TPSA) is 80.7 Å². The van der Waals surface area contributed by atoms with Crippen LogP contribution in [0.5, 0.6) is 0 Å². The lowest BCUT2D eigenvalue weighted by molar-refractivity contribution is 0.0600. The monoisotopic (exact) mass is 390 g/mol. The molecule has 2 unspecified atom stereocenters. The van der Waals surface area contributed by atoms with Gasteiger partial charge in [-0.15, -0.1) is 0 Å². The van der Waals surface area contributed by atoms with Crippen molar-refractivity contribution in [3.63, 3.8) is 0 Å². The number of sulfone groups is 1. The van der Waals surface area contributed by atoms with E-state index in [1.165, 1.54) is 19.2 Å². The Morgan fingerprint density at radius 2 is 2.00 bits per heavy atom. The maximum atomic E-state index is 12.9. The minimum absolute atomic E-state index is 0.108. The minimum Gasteiger partial charge on any atom is -0.465 e. The van der Waals surface area contributed by atoms with Crippen molar-refractivity contribution in [3.05, 3.63) is 28.2 Å². The molecule has 2 rings (SSSR count). The van der Waals surface area contributed by atoms with Crippen molar-refractivity contribution >= 4 is 31.7 Å². The SMILES string of the molecule is COC(=O)c1ccc(Br)c(S(=O)(=O)C2CCCC(O)CC2)c1. The Kier molecular flexibility index (Phi) is 5.63. The molecule has 0 bridgehead atoms. The molecule has 0 spiro atoms. The number of aliphatic hydroxyl groups excluding tert-OH is 1. The standard InChI is InChI=1S/C15H19BrO5S/c1-21-15(18)10-5-8-13(16)14(9-10)22(19,20)12-4-2-3-11(17)6-7-12/h5,8-9,11-12,17H,2-4,6-7H2,1H3. The van der Waals surface area contributed by atoms with Crippen molar-refractivity contribution in [2.45, 2.75) is 48.4 Å². The van der Waals surface area contributed by atoms with Gasteiger partial charge >= 0.3 is 5.97 Å². The Morgan fingerprint density at radius 3 is 2.68 bits per heavy atom. The maximum absolute atomic E-state index is 12.9. The fourth-order valence-electron chi connectivity index (χ4n) is 2.70. The van der Waals surface area contributed by atoms with E-state index < -0.39 is 27.2 Å². The molecular formula is C15H19BrO5S. The molecule has 7 heteroatoms. The van der Waals surface area contributed by atoms with Crippen LogP contribution in [0.2, 0.25) is 0 Å². The van der Waals surface area contributed by atoms with Crippen molar-refractivity contribution in [3.8, 4) is 0 Å². The van der Waals surface area contributed by atoms with Crippen LogP contribution in [0.3, 0.4) is 0 Å². The van der Waals surface area contributed by atoms with Crippen LogP contribution in [0.1, 0.15) is 42.5 Å². The Hall–Kier alpha value is -0.920. The van der Waals surface area contributed by atoms with Gasteiger partial charge in [0.05, 0.1) is 28.9 Å². The third-order valence-electron chi connectivity index (χ3n) is 3.98. The van der Waals surface area contributed by atoms with E-state index in [1.807, 2.05) is 0 Å². The molecule has 0 aromatic heterocycles. The second-order valence-corrected chi connectivity index (χ2v) is 8.52. The molecule has 1 saturated carbocycles. The van der Waals surface area contributed by atoms with Gasteiger partial charge < -0.3 is 9.84 Å². The highest BCUT2D eigenvalue weighted by Gasteiger charge is 2.31. The van der Waals surface area contributed by atoms with Crippen LogP contribution in [0.15, 0.2) is 27.6 Å². The van der Waals surface area contributed by atoms with Crippen molar-refractivity contribution < 1.29 is 23.1 Å². The largest absolute Gasteiger partial charge is 0.465 e. The highest BCUT2D eigenvalue weighted by molar-refractivity contribution is 9.10. The van der Waals surface area contributed by atoms with Crippen molar-refractivity contribution in [2.24, 2.45) is 0 Å². The summed E-state index contributed by atoms with van der Waals surface area (Å²) in [5.74, 6) is -0.569. The molecule has 1 fully saturated rings. The van der Waals surface area contributed by atoms with Gasteiger partial charge in [-0.3, -0.25) is 0 Å². The summed E-state index contributed by atoms with van der Waals surface area (Å²) in [6.45, 7) is 0. The lowest BCUT2D eigenvalue weighted by Gasteiger charge is -2.17. The average molecular weight is 391 g/mol. The van der Waals surface area contributed by atoms with Crippen LogP contribution in [-0.4, -0.2) is 38.0 Å². The van der Waals surface area contributed by atoms with Crippen LogP contribution in [0.25, 0.3) is 0 Å². The summed E-state index contributed by atoms with van der Waals surface area (Å²) >= 11 is 3.25. The van der Waals surface area contributed by atoms with Gasteiger partial charge in [-0.05, 0) is 66.2 Å². The molecule has 1 aromatic carbocycles. The van der Waals surface area contributed by atoms with Gasteiger partial charge in [0.2, 0.25) is 0 Å². The number of methoxy groups -OCH3 is 1. The number of carbonyl (C=O) groups excluding carboxylic acids is 1. The number of rotatable bonds is 3. The van der Waals surface area contributed by atoms with Gasteiger partial charge in [0.15, 0.2) is 9.84 Å². The van der Waals surface area contributed by atoms with E-state index in [0.29, 0.717) is 36.6 Å². The first-order chi connectivity index (χ1) is 10.4. The molecule has 0 saturated heterocycles. The molecule has 0 aliphatic heterocycles. The lowest BCUT2D eigenvalue weighted by atomic mass is 10.2. The Balaban J connectivity index is 2.38. The van der Waals surface area contributed by atoms with Crippen molar-refractivity contribution in [2.75, 3.05) is 7.11 Å². The summed E-state index contributed by atoms with van der Waals surface area (Å²) in [6.07, 6.45) is 2.32. The number of hydrogen-bond acceptors (Lipinski definition) is 5. The molecule has 22 heavy (non-hydrogen) atoms. The molecule has 1 aromatic rings. The Bertz CT molecular complexity index is 656. The molecule has 0 radical (unpaired) electrons. The molecule has 5 nitrogen and oxygen atoms in total. The number of esters is 1. The molecule has 122 valence electrons. The molecule has 0 amide bonds. The van der Waals surface area contributed by atoms with Crippen LogP contribution in [-0.2, 0) is 14.6 Å². The summed E-state index contributed by atoms with van der Waals surface area (Å²) < 4.78 is 30.8. The summed E-state index contributed by atoms with van der Waals surface area (Å²) in [4.78, 5) is 11.7. The first-order valence-corrected chi connectivity index (χ1v) is 9.50. The zero-order valence-corrected chi connectivity index (χ0v) is 14.7. The fourth-order valence-corrected chi connectivity index (χ4v) is 5.54. The normalized spacial score (nSPS) is 22.9. The second kappa shape index (κ2) is 7.10. The maximum Gasteiger partial charge on any atom is 0.337 e. The van der Waals surface area contributed by atoms with E-state index >= 15 is 0 Å². The molecular weight excluding hydrogens is 372 g/mol. The van der Waals surface area contributed by atoms with Crippen LogP contribution in [0, 0.1) is 0 Å². The molecule has 1 N–H and O–H groups in total. The lowest BCUT2D eigenvalue weighted by Crippen LogP contribution is -2.22. The minimum atomic E-state index is -3.57. The zero-order chi connectivity index (χ0) is 16.3. The van der Waals surface area contributed by atoms with Crippen LogP contribution >= 0.6 is 15.9 Å². The first kappa shape index (κ1) is 17.4. The van der Waals surface area contributed by atoms with Crippen molar-refractivity contribution in [1.29, 1.82) is 0 Å². The Morgan fingerprint density at radius 1 is 1.27 bits per heavy atom. The molecule has 2 atom stereocenters. The van der Waals surface area contributed by atoms with E-state index in [9.17, 15) is 18.3 Å². The number of hydrogen-bond donors (Lipinski definition) is 1. The fraction of sp³-hybridized carbons (Fsp3) is 0.533. The van der Waals surface area contributed by atoms with E-state index in [4.69, 9.17) is 0 Å². The van der Waals surface area contributed by atoms with Gasteiger partial charge in [-0.25, -0.2) is 13.2 Å². The average Bonchev–Trinajstić information content (AvgIpc) is 2.72. The molecule has 0 heterocycles. The Labute approximate surface area is 138 Å². The predicted molar refractivity (Wildman–Crippen MR) is 85.5 cm³/mol. The van der Waals surface area contributed by atoms with E-state index in [0.717, 1.165) is 0 Å². The van der Waals surface area contributed by atoms with Crippen molar-refractivity contribution in [1.82, 2.24) is 0 Å². The highest BCUT2D eigenvalue weighted by Crippen LogP contribution is 2.32. The van der Waals surface area contributed by atoms with E-state index in [-0.39, 0.29) is 10.5 Å². The number of carbonyl (C=O) groups is 1. The van der Waals surface area contributed by atoms with Gasteiger partial charge in [0.1, 0.15) is 0 Å². The quantitative estimate of drug-likeness (QED) is 0.633. The third-order valence-corrected chi connectivity index (χ3v) is 7.24. The van der Waals surface area contributed by atoms with E-state index in [1.54, 1.807) is 6.07 Å². The van der Waals surface area contributed by atoms with Gasteiger partial charge in [0, 0.05) is 4.47 Å². The van der Waals surface area contributed by atoms with Crippen LogP contribution < -0.4 is 0 Å². The molecule has 1 aliphatic rings. The number of benzene rings is 1. The number of aliphatic hydroxyl groups is 1. The third kappa shape index (κ3) is 3.70. The second-order valence-electron chi connectivity index (χ2n) is 5.47. The number of ether oxygens (including phenoxy) is 1.